The third kappa shape index (κ3) is 3.50. The van der Waals surface area contributed by atoms with Crippen LogP contribution in [0.25, 0.3) is 0 Å². The van der Waals surface area contributed by atoms with Crippen molar-refractivity contribution in [3.8, 4) is 5.75 Å². The van der Waals surface area contributed by atoms with E-state index < -0.39 is 4.92 Å². The molecule has 2 aromatic carbocycles. The van der Waals surface area contributed by atoms with E-state index in [2.05, 4.69) is 4.99 Å². The lowest BCUT2D eigenvalue weighted by atomic mass is 10.2. The molecule has 0 atom stereocenters. The molecule has 0 aliphatic heterocycles. The zero-order chi connectivity index (χ0) is 13.8. The summed E-state index contributed by atoms with van der Waals surface area (Å²) in [4.78, 5) is 14.4. The van der Waals surface area contributed by atoms with Crippen LogP contribution in [-0.2, 0) is 0 Å². The highest BCUT2D eigenvalue weighted by Gasteiger charge is 2.04. The van der Waals surface area contributed by atoms with Crippen molar-refractivity contribution >= 4 is 40.2 Å². The summed E-state index contributed by atoms with van der Waals surface area (Å²) < 4.78 is 0.723. The molecule has 19 heavy (non-hydrogen) atoms. The van der Waals surface area contributed by atoms with Crippen molar-refractivity contribution in [2.24, 2.45) is 4.99 Å². The van der Waals surface area contributed by atoms with Crippen molar-refractivity contribution < 1.29 is 10.0 Å². The highest BCUT2D eigenvalue weighted by Crippen LogP contribution is 2.21. The number of hydrogen-bond donors (Lipinski definition) is 1. The van der Waals surface area contributed by atoms with Crippen LogP contribution in [-0.4, -0.2) is 16.2 Å². The maximum absolute atomic E-state index is 10.6. The van der Waals surface area contributed by atoms with E-state index in [0.29, 0.717) is 5.69 Å². The molecule has 0 spiro atoms. The van der Waals surface area contributed by atoms with E-state index in [1.54, 1.807) is 36.5 Å². The molecule has 0 saturated heterocycles. The number of halogens is 1. The Kier molecular flexibility index (Phi) is 4.10. The number of hydrogen-bond acceptors (Lipinski definition) is 4. The number of phenolic OH excluding ortho intramolecular Hbond substituents is 1. The van der Waals surface area contributed by atoms with Gasteiger partial charge >= 0.3 is 0 Å². The minimum atomic E-state index is -0.456. The summed E-state index contributed by atoms with van der Waals surface area (Å²) in [6.45, 7) is 0. The Hall–Kier alpha value is -1.96. The number of aliphatic imine (C=N–C) groups is 1. The molecular formula is C13H9IN2O3. The van der Waals surface area contributed by atoms with E-state index in [1.807, 2.05) is 22.6 Å². The summed E-state index contributed by atoms with van der Waals surface area (Å²) in [6, 6.07) is 11.2. The van der Waals surface area contributed by atoms with Gasteiger partial charge in [0.25, 0.3) is 5.69 Å². The van der Waals surface area contributed by atoms with Crippen molar-refractivity contribution in [1.82, 2.24) is 0 Å². The van der Waals surface area contributed by atoms with Gasteiger partial charge in [0.05, 0.1) is 14.2 Å². The molecule has 0 amide bonds. The standard InChI is InChI=1S/C13H9IN2O3/c14-12-6-9(4-5-13(12)17)8-15-10-2-1-3-11(7-10)16(18)19/h1-8,17H. The molecule has 2 rings (SSSR count). The van der Waals surface area contributed by atoms with Crippen molar-refractivity contribution in [3.05, 3.63) is 61.7 Å². The fourth-order valence-electron chi connectivity index (χ4n) is 1.44. The molecule has 5 nitrogen and oxygen atoms in total. The number of nitro groups is 1. The highest BCUT2D eigenvalue weighted by molar-refractivity contribution is 14.1. The first kappa shape index (κ1) is 13.5. The Labute approximate surface area is 122 Å². The average Bonchev–Trinajstić information content (AvgIpc) is 2.40. The van der Waals surface area contributed by atoms with Crippen molar-refractivity contribution in [1.29, 1.82) is 0 Å². The van der Waals surface area contributed by atoms with Crippen molar-refractivity contribution in [2.45, 2.75) is 0 Å². The van der Waals surface area contributed by atoms with Crippen molar-refractivity contribution in [2.75, 3.05) is 0 Å². The van der Waals surface area contributed by atoms with Gasteiger partial charge in [-0.05, 0) is 52.4 Å². The number of rotatable bonds is 3. The SMILES string of the molecule is O=[N+]([O-])c1cccc(N=Cc2ccc(O)c(I)c2)c1. The molecule has 0 aliphatic carbocycles. The Morgan fingerprint density at radius 3 is 2.74 bits per heavy atom. The van der Waals surface area contributed by atoms with Gasteiger partial charge in [0.2, 0.25) is 0 Å². The first-order valence-corrected chi connectivity index (χ1v) is 6.41. The molecule has 0 unspecified atom stereocenters. The van der Waals surface area contributed by atoms with Gasteiger partial charge in [0, 0.05) is 18.3 Å². The van der Waals surface area contributed by atoms with Crippen LogP contribution in [0.1, 0.15) is 5.56 Å². The first-order chi connectivity index (χ1) is 9.06. The summed E-state index contributed by atoms with van der Waals surface area (Å²) in [5.41, 5.74) is 1.33. The quantitative estimate of drug-likeness (QED) is 0.389. The van der Waals surface area contributed by atoms with Gasteiger partial charge in [-0.1, -0.05) is 6.07 Å². The number of phenols is 1. The van der Waals surface area contributed by atoms with E-state index in [4.69, 9.17) is 0 Å². The van der Waals surface area contributed by atoms with Gasteiger partial charge in [0.15, 0.2) is 0 Å². The number of aromatic hydroxyl groups is 1. The zero-order valence-electron chi connectivity index (χ0n) is 9.65. The molecule has 0 aliphatic rings. The molecule has 1 N–H and O–H groups in total. The summed E-state index contributed by atoms with van der Waals surface area (Å²) in [5.74, 6) is 0.216. The van der Waals surface area contributed by atoms with Crippen LogP contribution in [0.4, 0.5) is 11.4 Å². The van der Waals surface area contributed by atoms with Gasteiger partial charge in [-0.2, -0.15) is 0 Å². The van der Waals surface area contributed by atoms with Crippen LogP contribution in [0.5, 0.6) is 5.75 Å². The molecule has 0 heterocycles. The molecular weight excluding hydrogens is 359 g/mol. The molecule has 0 saturated carbocycles. The monoisotopic (exact) mass is 368 g/mol. The van der Waals surface area contributed by atoms with Gasteiger partial charge in [-0.3, -0.25) is 15.1 Å². The number of non-ortho nitro benzene ring substituents is 1. The lowest BCUT2D eigenvalue weighted by Gasteiger charge is -1.98. The van der Waals surface area contributed by atoms with E-state index in [1.165, 1.54) is 12.1 Å². The number of benzene rings is 2. The lowest BCUT2D eigenvalue weighted by Crippen LogP contribution is -1.86. The Balaban J connectivity index is 2.24. The largest absolute Gasteiger partial charge is 0.507 e. The summed E-state index contributed by atoms with van der Waals surface area (Å²) in [5, 5.41) is 20.0. The molecule has 0 fully saturated rings. The molecule has 6 heteroatoms. The predicted molar refractivity (Wildman–Crippen MR) is 81.2 cm³/mol. The minimum absolute atomic E-state index is 0.00920. The summed E-state index contributed by atoms with van der Waals surface area (Å²) in [6.07, 6.45) is 1.60. The summed E-state index contributed by atoms with van der Waals surface area (Å²) >= 11 is 2.02. The Bertz CT molecular complexity index is 656. The van der Waals surface area contributed by atoms with Crippen molar-refractivity contribution in [3.63, 3.8) is 0 Å². The second-order valence-electron chi connectivity index (χ2n) is 3.75. The maximum Gasteiger partial charge on any atom is 0.271 e. The first-order valence-electron chi connectivity index (χ1n) is 5.33. The van der Waals surface area contributed by atoms with Crippen LogP contribution in [0, 0.1) is 13.7 Å². The second kappa shape index (κ2) is 5.79. The zero-order valence-corrected chi connectivity index (χ0v) is 11.8. The van der Waals surface area contributed by atoms with Crippen LogP contribution in [0.15, 0.2) is 47.5 Å². The third-order valence-corrected chi connectivity index (χ3v) is 3.24. The molecule has 0 radical (unpaired) electrons. The van der Waals surface area contributed by atoms with Crippen LogP contribution < -0.4 is 0 Å². The Morgan fingerprint density at radius 2 is 2.05 bits per heavy atom. The van der Waals surface area contributed by atoms with E-state index in [9.17, 15) is 15.2 Å². The van der Waals surface area contributed by atoms with Crippen LogP contribution in [0.3, 0.4) is 0 Å². The lowest BCUT2D eigenvalue weighted by molar-refractivity contribution is -0.384. The molecule has 2 aromatic rings. The second-order valence-corrected chi connectivity index (χ2v) is 4.91. The maximum atomic E-state index is 10.6. The van der Waals surface area contributed by atoms with E-state index in [0.717, 1.165) is 9.13 Å². The average molecular weight is 368 g/mol. The van der Waals surface area contributed by atoms with Gasteiger partial charge in [0.1, 0.15) is 5.75 Å². The number of nitrogens with zero attached hydrogens (tertiary/aromatic N) is 2. The van der Waals surface area contributed by atoms with E-state index in [-0.39, 0.29) is 11.4 Å². The third-order valence-electron chi connectivity index (χ3n) is 2.37. The van der Waals surface area contributed by atoms with Gasteiger partial charge in [-0.25, -0.2) is 0 Å². The molecule has 0 aromatic heterocycles. The number of nitro benzene ring substituents is 1. The van der Waals surface area contributed by atoms with Crippen LogP contribution >= 0.6 is 22.6 Å². The fraction of sp³-hybridized carbons (Fsp3) is 0. The summed E-state index contributed by atoms with van der Waals surface area (Å²) in [7, 11) is 0. The molecule has 0 bridgehead atoms. The predicted octanol–water partition coefficient (Wildman–Crippen LogP) is 3.66. The Morgan fingerprint density at radius 1 is 1.26 bits per heavy atom. The smallest absolute Gasteiger partial charge is 0.271 e. The van der Waals surface area contributed by atoms with E-state index >= 15 is 0 Å². The van der Waals surface area contributed by atoms with Gasteiger partial charge < -0.3 is 5.11 Å². The normalized spacial score (nSPS) is 10.8. The fourth-order valence-corrected chi connectivity index (χ4v) is 1.98. The van der Waals surface area contributed by atoms with Gasteiger partial charge in [-0.15, -0.1) is 0 Å². The topological polar surface area (TPSA) is 75.7 Å². The highest BCUT2D eigenvalue weighted by atomic mass is 127. The van der Waals surface area contributed by atoms with Crippen LogP contribution in [0.2, 0.25) is 0 Å². The minimum Gasteiger partial charge on any atom is -0.507 e. The molecule has 96 valence electrons.